The molecule has 1 aliphatic rings. The van der Waals surface area contributed by atoms with Crippen molar-refractivity contribution >= 4 is 23.3 Å². The maximum Gasteiger partial charge on any atom is 0.317 e. The molecule has 19 heavy (non-hydrogen) atoms. The standard InChI is InChI=1S/C12H17N3O3S/c16-11(17)9-14-3-5-15(6-4-14)12(18)13-8-10-2-1-7-19-10/h1-2,7H,3-6,8-9H2,(H,13,18)(H,16,17). The number of piperazine rings is 1. The predicted molar refractivity (Wildman–Crippen MR) is 72.2 cm³/mol. The molecule has 104 valence electrons. The average molecular weight is 283 g/mol. The maximum atomic E-state index is 11.9. The van der Waals surface area contributed by atoms with E-state index < -0.39 is 5.97 Å². The molecule has 0 spiro atoms. The number of aliphatic carboxylic acids is 1. The first kappa shape index (κ1) is 13.8. The summed E-state index contributed by atoms with van der Waals surface area (Å²) in [5.41, 5.74) is 0. The van der Waals surface area contributed by atoms with Crippen molar-refractivity contribution in [2.45, 2.75) is 6.54 Å². The Morgan fingerprint density at radius 2 is 2.05 bits per heavy atom. The number of carboxylic acid groups (broad SMARTS) is 1. The first-order valence-electron chi connectivity index (χ1n) is 6.14. The van der Waals surface area contributed by atoms with Crippen LogP contribution in [0.25, 0.3) is 0 Å². The fraction of sp³-hybridized carbons (Fsp3) is 0.500. The molecule has 2 rings (SSSR count). The number of carboxylic acids is 1. The minimum atomic E-state index is -0.824. The van der Waals surface area contributed by atoms with Gasteiger partial charge in [0, 0.05) is 31.1 Å². The van der Waals surface area contributed by atoms with Gasteiger partial charge in [0.1, 0.15) is 0 Å². The lowest BCUT2D eigenvalue weighted by atomic mass is 10.3. The molecule has 7 heteroatoms. The van der Waals surface area contributed by atoms with E-state index in [1.54, 1.807) is 16.2 Å². The zero-order valence-electron chi connectivity index (χ0n) is 10.5. The van der Waals surface area contributed by atoms with Crippen molar-refractivity contribution in [1.82, 2.24) is 15.1 Å². The topological polar surface area (TPSA) is 72.9 Å². The van der Waals surface area contributed by atoms with Crippen LogP contribution in [0.2, 0.25) is 0 Å². The van der Waals surface area contributed by atoms with Gasteiger partial charge in [0.25, 0.3) is 0 Å². The van der Waals surface area contributed by atoms with Crippen molar-refractivity contribution < 1.29 is 14.7 Å². The molecule has 2 heterocycles. The monoisotopic (exact) mass is 283 g/mol. The number of carbonyl (C=O) groups is 2. The zero-order chi connectivity index (χ0) is 13.7. The van der Waals surface area contributed by atoms with Crippen LogP contribution in [-0.4, -0.2) is 59.6 Å². The molecule has 1 saturated heterocycles. The summed E-state index contributed by atoms with van der Waals surface area (Å²) in [4.78, 5) is 27.2. The third-order valence-electron chi connectivity index (χ3n) is 3.01. The summed E-state index contributed by atoms with van der Waals surface area (Å²) < 4.78 is 0. The number of hydrogen-bond acceptors (Lipinski definition) is 4. The summed E-state index contributed by atoms with van der Waals surface area (Å²) in [5, 5.41) is 13.5. The zero-order valence-corrected chi connectivity index (χ0v) is 11.4. The Bertz CT molecular complexity index is 427. The van der Waals surface area contributed by atoms with Gasteiger partial charge >= 0.3 is 12.0 Å². The summed E-state index contributed by atoms with van der Waals surface area (Å²) in [5.74, 6) is -0.824. The third-order valence-corrected chi connectivity index (χ3v) is 3.89. The van der Waals surface area contributed by atoms with E-state index in [1.165, 1.54) is 0 Å². The van der Waals surface area contributed by atoms with Crippen LogP contribution < -0.4 is 5.32 Å². The van der Waals surface area contributed by atoms with Crippen molar-refractivity contribution in [1.29, 1.82) is 0 Å². The highest BCUT2D eigenvalue weighted by Gasteiger charge is 2.21. The second-order valence-electron chi connectivity index (χ2n) is 4.40. The lowest BCUT2D eigenvalue weighted by Crippen LogP contribution is -2.52. The molecule has 0 aliphatic carbocycles. The van der Waals surface area contributed by atoms with Crippen LogP contribution in [0.5, 0.6) is 0 Å². The smallest absolute Gasteiger partial charge is 0.317 e. The molecule has 1 fully saturated rings. The Labute approximate surface area is 115 Å². The van der Waals surface area contributed by atoms with Crippen LogP contribution in [0.3, 0.4) is 0 Å². The SMILES string of the molecule is O=C(O)CN1CCN(C(=O)NCc2cccs2)CC1. The van der Waals surface area contributed by atoms with Gasteiger partial charge in [-0.2, -0.15) is 0 Å². The average Bonchev–Trinajstić information content (AvgIpc) is 2.89. The van der Waals surface area contributed by atoms with Crippen LogP contribution in [0.1, 0.15) is 4.88 Å². The molecule has 1 aromatic heterocycles. The van der Waals surface area contributed by atoms with E-state index in [0.29, 0.717) is 32.7 Å². The summed E-state index contributed by atoms with van der Waals surface area (Å²) >= 11 is 1.61. The molecule has 0 aromatic carbocycles. The van der Waals surface area contributed by atoms with Gasteiger partial charge in [0.15, 0.2) is 0 Å². The molecule has 1 aromatic rings. The largest absolute Gasteiger partial charge is 0.480 e. The Morgan fingerprint density at radius 3 is 2.63 bits per heavy atom. The Hall–Kier alpha value is -1.60. The molecule has 0 saturated carbocycles. The molecule has 0 bridgehead atoms. The van der Waals surface area contributed by atoms with Crippen LogP contribution >= 0.6 is 11.3 Å². The van der Waals surface area contributed by atoms with Crippen molar-refractivity contribution in [3.8, 4) is 0 Å². The number of urea groups is 1. The fourth-order valence-corrected chi connectivity index (χ4v) is 2.63. The van der Waals surface area contributed by atoms with Gasteiger partial charge in [-0.25, -0.2) is 4.79 Å². The van der Waals surface area contributed by atoms with Gasteiger partial charge < -0.3 is 15.3 Å². The van der Waals surface area contributed by atoms with Crippen molar-refractivity contribution in [3.63, 3.8) is 0 Å². The number of amides is 2. The van der Waals surface area contributed by atoms with Crippen LogP contribution in [0.15, 0.2) is 17.5 Å². The van der Waals surface area contributed by atoms with Gasteiger partial charge in [-0.05, 0) is 11.4 Å². The lowest BCUT2D eigenvalue weighted by molar-refractivity contribution is -0.138. The van der Waals surface area contributed by atoms with Crippen molar-refractivity contribution in [3.05, 3.63) is 22.4 Å². The van der Waals surface area contributed by atoms with E-state index in [0.717, 1.165) is 4.88 Å². The maximum absolute atomic E-state index is 11.9. The van der Waals surface area contributed by atoms with Crippen LogP contribution in [-0.2, 0) is 11.3 Å². The highest BCUT2D eigenvalue weighted by atomic mass is 32.1. The number of nitrogens with one attached hydrogen (secondary N) is 1. The molecule has 2 N–H and O–H groups in total. The number of nitrogens with zero attached hydrogens (tertiary/aromatic N) is 2. The fourth-order valence-electron chi connectivity index (χ4n) is 1.99. The molecule has 0 radical (unpaired) electrons. The van der Waals surface area contributed by atoms with Gasteiger partial charge in [0.2, 0.25) is 0 Å². The second kappa shape index (κ2) is 6.53. The number of carbonyl (C=O) groups excluding carboxylic acids is 1. The molecule has 1 aliphatic heterocycles. The van der Waals surface area contributed by atoms with E-state index in [1.807, 2.05) is 22.4 Å². The van der Waals surface area contributed by atoms with Crippen LogP contribution in [0.4, 0.5) is 4.79 Å². The summed E-state index contributed by atoms with van der Waals surface area (Å²) in [6.07, 6.45) is 0. The van der Waals surface area contributed by atoms with E-state index in [2.05, 4.69) is 5.32 Å². The van der Waals surface area contributed by atoms with E-state index in [4.69, 9.17) is 5.11 Å². The molecular formula is C12H17N3O3S. The summed E-state index contributed by atoms with van der Waals surface area (Å²) in [7, 11) is 0. The number of hydrogen-bond donors (Lipinski definition) is 2. The number of thiophene rings is 1. The minimum absolute atomic E-state index is 0.0463. The third kappa shape index (κ3) is 4.22. The van der Waals surface area contributed by atoms with Gasteiger partial charge in [-0.15, -0.1) is 11.3 Å². The Morgan fingerprint density at radius 1 is 1.32 bits per heavy atom. The minimum Gasteiger partial charge on any atom is -0.480 e. The molecule has 6 nitrogen and oxygen atoms in total. The predicted octanol–water partition coefficient (Wildman–Crippen LogP) is 0.660. The second-order valence-corrected chi connectivity index (χ2v) is 5.43. The lowest BCUT2D eigenvalue weighted by Gasteiger charge is -2.33. The normalized spacial score (nSPS) is 16.3. The highest BCUT2D eigenvalue weighted by Crippen LogP contribution is 2.08. The quantitative estimate of drug-likeness (QED) is 0.851. The number of rotatable bonds is 4. The van der Waals surface area contributed by atoms with Gasteiger partial charge in [-0.1, -0.05) is 6.07 Å². The molecule has 2 amide bonds. The first-order chi connectivity index (χ1) is 9.15. The molecule has 0 unspecified atom stereocenters. The van der Waals surface area contributed by atoms with Crippen molar-refractivity contribution in [2.75, 3.05) is 32.7 Å². The van der Waals surface area contributed by atoms with E-state index >= 15 is 0 Å². The Kier molecular flexibility index (Phi) is 4.75. The van der Waals surface area contributed by atoms with Gasteiger partial charge in [-0.3, -0.25) is 9.69 Å². The Balaban J connectivity index is 1.71. The van der Waals surface area contributed by atoms with Crippen LogP contribution in [0, 0.1) is 0 Å². The van der Waals surface area contributed by atoms with E-state index in [-0.39, 0.29) is 12.6 Å². The van der Waals surface area contributed by atoms with E-state index in [9.17, 15) is 9.59 Å². The summed E-state index contributed by atoms with van der Waals surface area (Å²) in [6, 6.07) is 3.86. The summed E-state index contributed by atoms with van der Waals surface area (Å²) in [6.45, 7) is 2.96. The molecule has 0 atom stereocenters. The highest BCUT2D eigenvalue weighted by molar-refractivity contribution is 7.09. The first-order valence-corrected chi connectivity index (χ1v) is 7.02. The van der Waals surface area contributed by atoms with Crippen molar-refractivity contribution in [2.24, 2.45) is 0 Å². The molecular weight excluding hydrogens is 266 g/mol. The van der Waals surface area contributed by atoms with Gasteiger partial charge in [0.05, 0.1) is 13.1 Å².